The summed E-state index contributed by atoms with van der Waals surface area (Å²) in [5, 5.41) is 8.87. The lowest BCUT2D eigenvalue weighted by Gasteiger charge is -2.20. The average Bonchev–Trinajstić information content (AvgIpc) is 3.13. The van der Waals surface area contributed by atoms with Gasteiger partial charge >= 0.3 is 19.8 Å². The van der Waals surface area contributed by atoms with E-state index in [0.29, 0.717) is 6.61 Å². The molecule has 0 aliphatic heterocycles. The maximum absolute atomic E-state index is 12.5. The van der Waals surface area contributed by atoms with Crippen LogP contribution >= 0.6 is 7.82 Å². The van der Waals surface area contributed by atoms with E-state index in [0.717, 1.165) is 38.5 Å². The molecule has 10 nitrogen and oxygen atoms in total. The highest BCUT2D eigenvalue weighted by molar-refractivity contribution is 7.47. The summed E-state index contributed by atoms with van der Waals surface area (Å²) < 4.78 is 33.3. The number of carboxylic acids is 1. The van der Waals surface area contributed by atoms with Crippen molar-refractivity contribution in [2.75, 3.05) is 26.4 Å². The van der Waals surface area contributed by atoms with Crippen molar-refractivity contribution in [2.24, 2.45) is 5.73 Å². The van der Waals surface area contributed by atoms with Crippen LogP contribution in [-0.4, -0.2) is 60.5 Å². The molecule has 0 rings (SSSR count). The zero-order valence-electron chi connectivity index (χ0n) is 34.4. The Labute approximate surface area is 325 Å². The van der Waals surface area contributed by atoms with E-state index in [4.69, 9.17) is 29.4 Å². The van der Waals surface area contributed by atoms with Gasteiger partial charge in [-0.15, -0.1) is 0 Å². The summed E-state index contributed by atoms with van der Waals surface area (Å²) in [6.07, 6.45) is 38.9. The van der Waals surface area contributed by atoms with Crippen molar-refractivity contribution in [3.05, 3.63) is 0 Å². The Balaban J connectivity index is 4.02. The molecule has 0 radical (unpaired) electrons. The van der Waals surface area contributed by atoms with Crippen LogP contribution in [0.1, 0.15) is 219 Å². The highest BCUT2D eigenvalue weighted by Crippen LogP contribution is 2.43. The van der Waals surface area contributed by atoms with Gasteiger partial charge in [0.05, 0.1) is 19.8 Å². The number of carbonyl (C=O) groups excluding carboxylic acids is 1. The molecule has 0 amide bonds. The van der Waals surface area contributed by atoms with E-state index in [2.05, 4.69) is 13.8 Å². The van der Waals surface area contributed by atoms with Crippen LogP contribution in [0.5, 0.6) is 0 Å². The van der Waals surface area contributed by atoms with Crippen LogP contribution in [0.3, 0.4) is 0 Å². The molecule has 0 saturated heterocycles. The Bertz CT molecular complexity index is 862. The molecule has 0 saturated carbocycles. The van der Waals surface area contributed by atoms with Gasteiger partial charge in [-0.2, -0.15) is 0 Å². The lowest BCUT2D eigenvalue weighted by Crippen LogP contribution is -2.34. The molecule has 0 aliphatic rings. The molecule has 316 valence electrons. The fourth-order valence-electron chi connectivity index (χ4n) is 6.43. The first-order valence-electron chi connectivity index (χ1n) is 22.1. The van der Waals surface area contributed by atoms with Crippen molar-refractivity contribution in [3.8, 4) is 0 Å². The molecule has 0 fully saturated rings. The van der Waals surface area contributed by atoms with Crippen molar-refractivity contribution >= 4 is 19.8 Å². The number of nitrogens with two attached hydrogens (primary N) is 1. The molecule has 3 atom stereocenters. The summed E-state index contributed by atoms with van der Waals surface area (Å²) in [5.41, 5.74) is 5.34. The Hall–Kier alpha value is -1.03. The third-order valence-corrected chi connectivity index (χ3v) is 10.8. The number of unbranched alkanes of at least 4 members (excludes halogenated alkanes) is 29. The Morgan fingerprint density at radius 1 is 0.528 bits per heavy atom. The number of phosphoric ester groups is 1. The molecule has 0 bridgehead atoms. The summed E-state index contributed by atoms with van der Waals surface area (Å²) in [6, 6.07) is -1.47. The minimum Gasteiger partial charge on any atom is -0.480 e. The minimum atomic E-state index is -4.60. The van der Waals surface area contributed by atoms with Crippen molar-refractivity contribution in [1.82, 2.24) is 0 Å². The molecule has 53 heavy (non-hydrogen) atoms. The number of esters is 1. The molecule has 0 aromatic rings. The van der Waals surface area contributed by atoms with Crippen LogP contribution < -0.4 is 5.73 Å². The van der Waals surface area contributed by atoms with Gasteiger partial charge in [0.1, 0.15) is 12.1 Å². The fraction of sp³-hybridized carbons (Fsp3) is 0.952. The molecule has 0 aromatic heterocycles. The molecule has 0 spiro atoms. The highest BCUT2D eigenvalue weighted by Gasteiger charge is 2.27. The summed E-state index contributed by atoms with van der Waals surface area (Å²) in [7, 11) is -4.60. The second-order valence-corrected chi connectivity index (χ2v) is 16.6. The van der Waals surface area contributed by atoms with E-state index in [9.17, 15) is 19.0 Å². The zero-order chi connectivity index (χ0) is 39.1. The van der Waals surface area contributed by atoms with E-state index in [1.807, 2.05) is 0 Å². The number of hydrogen-bond donors (Lipinski definition) is 3. The van der Waals surface area contributed by atoms with Crippen molar-refractivity contribution < 1.29 is 42.7 Å². The number of aliphatic carboxylic acids is 1. The molecular formula is C42H84NO9P. The van der Waals surface area contributed by atoms with E-state index >= 15 is 0 Å². The van der Waals surface area contributed by atoms with Crippen LogP contribution in [0.25, 0.3) is 0 Å². The number of carboxylic acid groups (broad SMARTS) is 1. The van der Waals surface area contributed by atoms with E-state index in [1.165, 1.54) is 161 Å². The van der Waals surface area contributed by atoms with Crippen LogP contribution in [0.4, 0.5) is 0 Å². The van der Waals surface area contributed by atoms with E-state index < -0.39 is 45.1 Å². The summed E-state index contributed by atoms with van der Waals surface area (Å²) in [6.45, 7) is 3.90. The van der Waals surface area contributed by atoms with Gasteiger partial charge in [0, 0.05) is 13.0 Å². The molecule has 0 heterocycles. The second kappa shape index (κ2) is 39.2. The van der Waals surface area contributed by atoms with Gasteiger partial charge in [0.15, 0.2) is 0 Å². The maximum atomic E-state index is 12.5. The fourth-order valence-corrected chi connectivity index (χ4v) is 7.21. The van der Waals surface area contributed by atoms with Crippen molar-refractivity contribution in [3.63, 3.8) is 0 Å². The predicted octanol–water partition coefficient (Wildman–Crippen LogP) is 12.0. The van der Waals surface area contributed by atoms with Gasteiger partial charge in [-0.3, -0.25) is 18.6 Å². The van der Waals surface area contributed by atoms with Gasteiger partial charge < -0.3 is 25.2 Å². The minimum absolute atomic E-state index is 0.0252. The zero-order valence-corrected chi connectivity index (χ0v) is 35.3. The lowest BCUT2D eigenvalue weighted by atomic mass is 10.0. The maximum Gasteiger partial charge on any atom is 0.472 e. The first-order valence-corrected chi connectivity index (χ1v) is 23.6. The molecule has 0 aromatic carbocycles. The first kappa shape index (κ1) is 52.0. The van der Waals surface area contributed by atoms with E-state index in [-0.39, 0.29) is 13.0 Å². The largest absolute Gasteiger partial charge is 0.480 e. The van der Waals surface area contributed by atoms with Crippen molar-refractivity contribution in [1.29, 1.82) is 0 Å². The van der Waals surface area contributed by atoms with Gasteiger partial charge in [0.2, 0.25) is 0 Å². The van der Waals surface area contributed by atoms with Crippen LogP contribution in [-0.2, 0) is 32.7 Å². The second-order valence-electron chi connectivity index (χ2n) is 15.2. The Morgan fingerprint density at radius 2 is 0.868 bits per heavy atom. The monoisotopic (exact) mass is 778 g/mol. The quantitative estimate of drug-likeness (QED) is 0.0309. The molecule has 0 aliphatic carbocycles. The number of rotatable bonds is 43. The van der Waals surface area contributed by atoms with E-state index in [1.54, 1.807) is 0 Å². The van der Waals surface area contributed by atoms with Gasteiger partial charge in [-0.05, 0) is 12.8 Å². The molecular weight excluding hydrogens is 693 g/mol. The number of hydrogen-bond acceptors (Lipinski definition) is 8. The van der Waals surface area contributed by atoms with Crippen LogP contribution in [0.2, 0.25) is 0 Å². The molecule has 4 N–H and O–H groups in total. The molecule has 3 unspecified atom stereocenters. The highest BCUT2D eigenvalue weighted by atomic mass is 31.2. The number of ether oxygens (including phenoxy) is 2. The van der Waals surface area contributed by atoms with Crippen LogP contribution in [0.15, 0.2) is 0 Å². The standard InChI is InChI=1S/C42H84NO9P/c1-3-5-7-9-11-13-14-15-16-17-18-19-20-21-22-23-24-25-27-29-31-33-35-49-36-39(37-50-53(47,48)51-38-40(43)42(45)46)52-41(44)34-32-30-28-26-12-10-8-6-4-2/h39-40H,3-38,43H2,1-2H3,(H,45,46)(H,47,48). The number of phosphoric acid groups is 1. The SMILES string of the molecule is CCCCCCCCCCCCCCCCCCCCCCCCOCC(COP(=O)(O)OCC(N)C(=O)O)OC(=O)CCCCCCCCCCC. The normalized spacial score (nSPS) is 13.9. The Kier molecular flexibility index (Phi) is 38.5. The van der Waals surface area contributed by atoms with Gasteiger partial charge in [-0.1, -0.05) is 200 Å². The lowest BCUT2D eigenvalue weighted by molar-refractivity contribution is -0.154. The number of carbonyl (C=O) groups is 2. The average molecular weight is 778 g/mol. The van der Waals surface area contributed by atoms with Gasteiger partial charge in [-0.25, -0.2) is 4.57 Å². The van der Waals surface area contributed by atoms with Crippen LogP contribution in [0, 0.1) is 0 Å². The Morgan fingerprint density at radius 3 is 1.25 bits per heavy atom. The molecule has 11 heteroatoms. The first-order chi connectivity index (χ1) is 25.7. The summed E-state index contributed by atoms with van der Waals surface area (Å²) >= 11 is 0. The predicted molar refractivity (Wildman–Crippen MR) is 217 cm³/mol. The third kappa shape index (κ3) is 39.0. The summed E-state index contributed by atoms with van der Waals surface area (Å²) in [4.78, 5) is 33.4. The third-order valence-electron chi connectivity index (χ3n) is 9.89. The van der Waals surface area contributed by atoms with Gasteiger partial charge in [0.25, 0.3) is 0 Å². The smallest absolute Gasteiger partial charge is 0.472 e. The van der Waals surface area contributed by atoms with Crippen molar-refractivity contribution in [2.45, 2.75) is 231 Å². The summed E-state index contributed by atoms with van der Waals surface area (Å²) in [5.74, 6) is -1.77. The topological polar surface area (TPSA) is 155 Å².